The zero-order chi connectivity index (χ0) is 18.5. The number of hydrogen-bond donors (Lipinski definition) is 0. The van der Waals surface area contributed by atoms with Crippen LogP contribution >= 0.6 is 34.7 Å². The lowest BCUT2D eigenvalue weighted by Crippen LogP contribution is -2.01. The Morgan fingerprint density at radius 1 is 1.08 bits per heavy atom. The fourth-order valence-corrected chi connectivity index (χ4v) is 4.31. The van der Waals surface area contributed by atoms with Gasteiger partial charge in [0, 0.05) is 26.1 Å². The highest BCUT2D eigenvalue weighted by atomic mass is 35.5. The summed E-state index contributed by atoms with van der Waals surface area (Å²) < 4.78 is 13.1. The van der Waals surface area contributed by atoms with E-state index in [0.717, 1.165) is 10.4 Å². The third-order valence-electron chi connectivity index (χ3n) is 3.67. The van der Waals surface area contributed by atoms with Crippen molar-refractivity contribution in [3.8, 4) is 0 Å². The molecule has 0 aliphatic carbocycles. The van der Waals surface area contributed by atoms with E-state index in [1.165, 1.54) is 28.8 Å². The molecule has 0 saturated carbocycles. The molecule has 3 rings (SSSR count). The van der Waals surface area contributed by atoms with E-state index in [1.807, 2.05) is 25.1 Å². The van der Waals surface area contributed by atoms with Crippen molar-refractivity contribution < 1.29 is 9.18 Å². The molecule has 0 spiro atoms. The molecule has 0 saturated heterocycles. The highest BCUT2D eigenvalue weighted by molar-refractivity contribution is 8.03. The normalized spacial score (nSPS) is 11.6. The predicted octanol–water partition coefficient (Wildman–Crippen LogP) is 7.01. The molecule has 0 bridgehead atoms. The van der Waals surface area contributed by atoms with Crippen molar-refractivity contribution in [2.24, 2.45) is 0 Å². The Balaban J connectivity index is 1.85. The van der Waals surface area contributed by atoms with Crippen LogP contribution in [0.4, 0.5) is 4.39 Å². The molecule has 0 aliphatic rings. The molecule has 3 aromatic rings. The Morgan fingerprint density at radius 3 is 2.38 bits per heavy atom. The summed E-state index contributed by atoms with van der Waals surface area (Å²) in [5, 5.41) is 0.597. The lowest BCUT2D eigenvalue weighted by Gasteiger charge is -2.07. The maximum absolute atomic E-state index is 13.1. The molecule has 0 atom stereocenters. The first-order valence-corrected chi connectivity index (χ1v) is 10.1. The van der Waals surface area contributed by atoms with Crippen molar-refractivity contribution in [2.75, 3.05) is 0 Å². The third-order valence-corrected chi connectivity index (χ3v) is 5.96. The van der Waals surface area contributed by atoms with Gasteiger partial charge in [-0.2, -0.15) is 0 Å². The third kappa shape index (κ3) is 5.07. The summed E-state index contributed by atoms with van der Waals surface area (Å²) in [5.41, 5.74) is 1.56. The Morgan fingerprint density at radius 2 is 1.77 bits per heavy atom. The number of rotatable bonds is 6. The van der Waals surface area contributed by atoms with Crippen LogP contribution in [0.25, 0.3) is 6.08 Å². The van der Waals surface area contributed by atoms with E-state index in [0.29, 0.717) is 21.2 Å². The molecule has 0 N–H and O–H groups in total. The Hall–Kier alpha value is -1.88. The summed E-state index contributed by atoms with van der Waals surface area (Å²) in [7, 11) is 0. The maximum atomic E-state index is 13.1. The van der Waals surface area contributed by atoms with Crippen LogP contribution in [0.15, 0.2) is 65.6 Å². The number of aryl methyl sites for hydroxylation is 1. The van der Waals surface area contributed by atoms with Gasteiger partial charge in [0.1, 0.15) is 5.82 Å². The van der Waals surface area contributed by atoms with Crippen molar-refractivity contribution in [1.82, 2.24) is 0 Å². The molecule has 0 radical (unpaired) electrons. The van der Waals surface area contributed by atoms with Crippen molar-refractivity contribution in [1.29, 1.82) is 0 Å². The molecule has 1 aromatic heterocycles. The zero-order valence-electron chi connectivity index (χ0n) is 14.0. The van der Waals surface area contributed by atoms with Gasteiger partial charge >= 0.3 is 0 Å². The van der Waals surface area contributed by atoms with Gasteiger partial charge in [-0.15, -0.1) is 23.1 Å². The molecule has 5 heteroatoms. The fraction of sp³-hybridized carbons (Fsp3) is 0.0952. The van der Waals surface area contributed by atoms with E-state index in [2.05, 4.69) is 0 Å². The Kier molecular flexibility index (Phi) is 6.30. The summed E-state index contributed by atoms with van der Waals surface area (Å²) in [6.45, 7) is 2.04. The first kappa shape index (κ1) is 18.9. The molecule has 1 nitrogen and oxygen atoms in total. The molecular weight excluding hydrogens is 387 g/mol. The van der Waals surface area contributed by atoms with Gasteiger partial charge < -0.3 is 0 Å². The second kappa shape index (κ2) is 8.67. The van der Waals surface area contributed by atoms with Crippen LogP contribution in [0, 0.1) is 12.7 Å². The number of allylic oxidation sites excluding steroid dienone is 1. The smallest absolute Gasteiger partial charge is 0.199 e. The van der Waals surface area contributed by atoms with Gasteiger partial charge in [0.2, 0.25) is 0 Å². The molecular formula is C21H16ClFOS2. The number of thioether (sulfide) groups is 1. The van der Waals surface area contributed by atoms with Crippen LogP contribution in [0.3, 0.4) is 0 Å². The summed E-state index contributed by atoms with van der Waals surface area (Å²) in [6.07, 6.45) is 1.92. The number of carbonyl (C=O) groups excluding carboxylic acids is 1. The van der Waals surface area contributed by atoms with Gasteiger partial charge in [-0.3, -0.25) is 4.79 Å². The van der Waals surface area contributed by atoms with Crippen molar-refractivity contribution >= 4 is 46.6 Å². The van der Waals surface area contributed by atoms with E-state index in [1.54, 1.807) is 47.7 Å². The largest absolute Gasteiger partial charge is 0.288 e. The molecule has 132 valence electrons. The van der Waals surface area contributed by atoms with Crippen LogP contribution in [0.5, 0.6) is 0 Å². The van der Waals surface area contributed by atoms with Gasteiger partial charge in [-0.05, 0) is 67.1 Å². The lowest BCUT2D eigenvalue weighted by atomic mass is 10.1. The lowest BCUT2D eigenvalue weighted by molar-refractivity contribution is 0.104. The first-order chi connectivity index (χ1) is 12.5. The predicted molar refractivity (Wildman–Crippen MR) is 111 cm³/mol. The van der Waals surface area contributed by atoms with Crippen LogP contribution in [-0.2, 0) is 5.75 Å². The van der Waals surface area contributed by atoms with Crippen LogP contribution < -0.4 is 0 Å². The average molecular weight is 403 g/mol. The van der Waals surface area contributed by atoms with E-state index in [-0.39, 0.29) is 11.6 Å². The number of hydrogen-bond acceptors (Lipinski definition) is 3. The van der Waals surface area contributed by atoms with Crippen molar-refractivity contribution in [3.05, 3.63) is 97.3 Å². The molecule has 26 heavy (non-hydrogen) atoms. The Labute approximate surface area is 165 Å². The number of benzene rings is 2. The van der Waals surface area contributed by atoms with Crippen LogP contribution in [-0.4, -0.2) is 5.78 Å². The Bertz CT molecular complexity index is 927. The number of Topliss-reactive ketones (excluding diaryl/α,β-unsaturated/α-hetero) is 1. The average Bonchev–Trinajstić information content (AvgIpc) is 3.05. The molecule has 0 amide bonds. The van der Waals surface area contributed by atoms with Gasteiger partial charge in [-0.1, -0.05) is 23.7 Å². The van der Waals surface area contributed by atoms with Crippen LogP contribution in [0.1, 0.15) is 25.7 Å². The van der Waals surface area contributed by atoms with E-state index >= 15 is 0 Å². The summed E-state index contributed by atoms with van der Waals surface area (Å²) in [6, 6.07) is 17.3. The van der Waals surface area contributed by atoms with E-state index in [9.17, 15) is 9.18 Å². The topological polar surface area (TPSA) is 17.1 Å². The maximum Gasteiger partial charge on any atom is 0.199 e. The van der Waals surface area contributed by atoms with Gasteiger partial charge in [0.05, 0.1) is 4.91 Å². The molecule has 1 heterocycles. The molecule has 0 aliphatic heterocycles. The quantitative estimate of drug-likeness (QED) is 0.326. The van der Waals surface area contributed by atoms with E-state index in [4.69, 9.17) is 11.6 Å². The number of thiophene rings is 1. The van der Waals surface area contributed by atoms with Crippen LogP contribution in [0.2, 0.25) is 5.02 Å². The number of ketones is 1. The van der Waals surface area contributed by atoms with Crippen molar-refractivity contribution in [3.63, 3.8) is 0 Å². The van der Waals surface area contributed by atoms with Crippen molar-refractivity contribution in [2.45, 2.75) is 12.7 Å². The van der Waals surface area contributed by atoms with E-state index < -0.39 is 0 Å². The standard InChI is InChI=1S/C21H16ClFOS2/c1-14-2-11-19(26-14)12-20(21(24)16-5-7-17(22)8-6-16)25-13-15-3-9-18(23)10-4-15/h2-12H,13H2,1H3/b20-12+. The second-order valence-electron chi connectivity index (χ2n) is 5.71. The molecule has 0 fully saturated rings. The summed E-state index contributed by atoms with van der Waals surface area (Å²) in [5.74, 6) is 0.288. The molecule has 0 unspecified atom stereocenters. The SMILES string of the molecule is Cc1ccc(/C=C(/SCc2ccc(F)cc2)C(=O)c2ccc(Cl)cc2)s1. The highest BCUT2D eigenvalue weighted by Gasteiger charge is 2.14. The monoisotopic (exact) mass is 402 g/mol. The molecule has 2 aromatic carbocycles. The number of halogens is 2. The minimum Gasteiger partial charge on any atom is -0.288 e. The summed E-state index contributed by atoms with van der Waals surface area (Å²) >= 11 is 9.02. The highest BCUT2D eigenvalue weighted by Crippen LogP contribution is 2.29. The van der Waals surface area contributed by atoms with Gasteiger partial charge in [-0.25, -0.2) is 4.39 Å². The summed E-state index contributed by atoms with van der Waals surface area (Å²) in [4.78, 5) is 15.8. The first-order valence-electron chi connectivity index (χ1n) is 7.97. The fourth-order valence-electron chi connectivity index (χ4n) is 2.32. The zero-order valence-corrected chi connectivity index (χ0v) is 16.4. The second-order valence-corrected chi connectivity index (χ2v) is 8.48. The minimum absolute atomic E-state index is 0.0418. The van der Waals surface area contributed by atoms with Gasteiger partial charge in [0.15, 0.2) is 5.78 Å². The number of carbonyl (C=O) groups is 1. The minimum atomic E-state index is -0.263. The van der Waals surface area contributed by atoms with Gasteiger partial charge in [0.25, 0.3) is 0 Å².